The summed E-state index contributed by atoms with van der Waals surface area (Å²) in [5, 5.41) is 7.73. The van der Waals surface area contributed by atoms with Crippen molar-refractivity contribution in [1.29, 1.82) is 0 Å². The van der Waals surface area contributed by atoms with Gasteiger partial charge in [-0.2, -0.15) is 5.10 Å². The van der Waals surface area contributed by atoms with E-state index in [0.29, 0.717) is 31.0 Å². The molecule has 0 radical (unpaired) electrons. The van der Waals surface area contributed by atoms with Crippen molar-refractivity contribution in [3.05, 3.63) is 65.6 Å². The maximum Gasteiger partial charge on any atom is 0.226 e. The van der Waals surface area contributed by atoms with E-state index in [1.165, 1.54) is 12.1 Å². The molecule has 1 atom stereocenters. The van der Waals surface area contributed by atoms with E-state index >= 15 is 0 Å². The van der Waals surface area contributed by atoms with Gasteiger partial charge in [-0.3, -0.25) is 4.79 Å². The first-order valence-corrected chi connectivity index (χ1v) is 11.6. The molecule has 1 saturated heterocycles. The highest BCUT2D eigenvalue weighted by Crippen LogP contribution is 2.33. The first-order chi connectivity index (χ1) is 16.6. The zero-order valence-corrected chi connectivity index (χ0v) is 19.6. The van der Waals surface area contributed by atoms with Crippen LogP contribution >= 0.6 is 0 Å². The molecular formula is C26H30FN3O4. The lowest BCUT2D eigenvalue weighted by molar-refractivity contribution is -0.121. The summed E-state index contributed by atoms with van der Waals surface area (Å²) in [5.74, 6) is 1.12. The molecule has 1 aliphatic rings. The summed E-state index contributed by atoms with van der Waals surface area (Å²) < 4.78 is 32.5. The van der Waals surface area contributed by atoms with E-state index in [2.05, 4.69) is 5.32 Å². The van der Waals surface area contributed by atoms with E-state index in [1.54, 1.807) is 23.9 Å². The SMILES string of the molecule is CCc1nn(-c2ccc(OC)cc2)c(Oc2cccc(F)c2)c1CCC(=O)NC[C@H]1CCCO1. The standard InChI is InChI=1S/C26H30FN3O4/c1-3-24-23(13-14-25(31)28-17-22-8-5-15-33-22)26(34-21-7-4-6-18(27)16-21)30(29-24)19-9-11-20(32-2)12-10-19/h4,6-7,9-12,16,22H,3,5,8,13-15,17H2,1-2H3,(H,28,31)/t22-/m1/s1. The van der Waals surface area contributed by atoms with Gasteiger partial charge in [0.1, 0.15) is 17.3 Å². The Morgan fingerprint density at radius 2 is 2.06 bits per heavy atom. The molecule has 34 heavy (non-hydrogen) atoms. The molecule has 0 spiro atoms. The third-order valence-electron chi connectivity index (χ3n) is 5.84. The van der Waals surface area contributed by atoms with Gasteiger partial charge in [0.15, 0.2) is 0 Å². The second kappa shape index (κ2) is 11.2. The lowest BCUT2D eigenvalue weighted by atomic mass is 10.1. The Hall–Kier alpha value is -3.39. The van der Waals surface area contributed by atoms with E-state index in [1.807, 2.05) is 31.2 Å². The summed E-state index contributed by atoms with van der Waals surface area (Å²) in [6.07, 6.45) is 3.50. The van der Waals surface area contributed by atoms with Crippen LogP contribution in [0, 0.1) is 5.82 Å². The predicted molar refractivity (Wildman–Crippen MR) is 126 cm³/mol. The molecule has 7 nitrogen and oxygen atoms in total. The van der Waals surface area contributed by atoms with Crippen LogP contribution in [0.3, 0.4) is 0 Å². The van der Waals surface area contributed by atoms with Crippen LogP contribution in [0.5, 0.6) is 17.4 Å². The fourth-order valence-corrected chi connectivity index (χ4v) is 4.02. The molecule has 8 heteroatoms. The summed E-state index contributed by atoms with van der Waals surface area (Å²) in [6.45, 7) is 3.29. The number of carbonyl (C=O) groups is 1. The molecule has 1 aliphatic heterocycles. The third-order valence-corrected chi connectivity index (χ3v) is 5.84. The van der Waals surface area contributed by atoms with Crippen molar-refractivity contribution in [3.63, 3.8) is 0 Å². The molecule has 1 fully saturated rings. The molecular weight excluding hydrogens is 437 g/mol. The van der Waals surface area contributed by atoms with Gasteiger partial charge in [-0.1, -0.05) is 13.0 Å². The van der Waals surface area contributed by atoms with Crippen molar-refractivity contribution in [3.8, 4) is 23.1 Å². The smallest absolute Gasteiger partial charge is 0.226 e. The fraction of sp³-hybridized carbons (Fsp3) is 0.385. The minimum atomic E-state index is -0.390. The van der Waals surface area contributed by atoms with Crippen molar-refractivity contribution in [2.45, 2.75) is 45.1 Å². The lowest BCUT2D eigenvalue weighted by Crippen LogP contribution is -2.31. The van der Waals surface area contributed by atoms with Gasteiger partial charge < -0.3 is 19.5 Å². The number of carbonyl (C=O) groups excluding carboxylic acids is 1. The fourth-order valence-electron chi connectivity index (χ4n) is 4.02. The monoisotopic (exact) mass is 467 g/mol. The van der Waals surface area contributed by atoms with E-state index in [0.717, 1.165) is 42.1 Å². The van der Waals surface area contributed by atoms with Crippen LogP contribution in [0.15, 0.2) is 48.5 Å². The highest BCUT2D eigenvalue weighted by atomic mass is 19.1. The predicted octanol–water partition coefficient (Wildman–Crippen LogP) is 4.60. The average Bonchev–Trinajstić information content (AvgIpc) is 3.49. The quantitative estimate of drug-likeness (QED) is 0.472. The molecule has 1 N–H and O–H groups in total. The second-order valence-corrected chi connectivity index (χ2v) is 8.19. The Bertz CT molecular complexity index is 1110. The van der Waals surface area contributed by atoms with E-state index < -0.39 is 5.82 Å². The first kappa shape index (κ1) is 23.8. The summed E-state index contributed by atoms with van der Waals surface area (Å²) in [4.78, 5) is 12.5. The topological polar surface area (TPSA) is 74.6 Å². The maximum absolute atomic E-state index is 13.8. The van der Waals surface area contributed by atoms with Crippen LogP contribution in [-0.2, 0) is 22.4 Å². The normalized spacial score (nSPS) is 15.3. The zero-order chi connectivity index (χ0) is 23.9. The molecule has 1 aromatic heterocycles. The number of aryl methyl sites for hydroxylation is 1. The molecule has 0 bridgehead atoms. The summed E-state index contributed by atoms with van der Waals surface area (Å²) >= 11 is 0. The summed E-state index contributed by atoms with van der Waals surface area (Å²) in [5.41, 5.74) is 2.43. The van der Waals surface area contributed by atoms with Crippen LogP contribution in [0.4, 0.5) is 4.39 Å². The molecule has 0 aliphatic carbocycles. The number of rotatable bonds is 10. The largest absolute Gasteiger partial charge is 0.497 e. The average molecular weight is 468 g/mol. The van der Waals surface area contributed by atoms with Crippen molar-refractivity contribution in [1.82, 2.24) is 15.1 Å². The van der Waals surface area contributed by atoms with Crippen molar-refractivity contribution >= 4 is 5.91 Å². The summed E-state index contributed by atoms with van der Waals surface area (Å²) in [7, 11) is 1.61. The Kier molecular flexibility index (Phi) is 7.80. The number of nitrogens with one attached hydrogen (secondary N) is 1. The Morgan fingerprint density at radius 3 is 2.74 bits per heavy atom. The maximum atomic E-state index is 13.8. The van der Waals surface area contributed by atoms with Gasteiger partial charge in [0.25, 0.3) is 0 Å². The Labute approximate surface area is 198 Å². The molecule has 1 amide bonds. The highest BCUT2D eigenvalue weighted by molar-refractivity contribution is 5.76. The molecule has 3 aromatic rings. The number of methoxy groups -OCH3 is 1. The number of ether oxygens (including phenoxy) is 3. The van der Waals surface area contributed by atoms with Crippen LogP contribution in [0.25, 0.3) is 5.69 Å². The van der Waals surface area contributed by atoms with E-state index in [9.17, 15) is 9.18 Å². The molecule has 0 saturated carbocycles. The van der Waals surface area contributed by atoms with E-state index in [4.69, 9.17) is 19.3 Å². The first-order valence-electron chi connectivity index (χ1n) is 11.6. The van der Waals surface area contributed by atoms with Crippen LogP contribution in [-0.4, -0.2) is 42.1 Å². The number of amides is 1. The number of benzene rings is 2. The van der Waals surface area contributed by atoms with Crippen LogP contribution in [0.1, 0.15) is 37.4 Å². The van der Waals surface area contributed by atoms with Crippen molar-refractivity contribution in [2.75, 3.05) is 20.3 Å². The molecule has 2 heterocycles. The second-order valence-electron chi connectivity index (χ2n) is 8.19. The van der Waals surface area contributed by atoms with Crippen molar-refractivity contribution < 1.29 is 23.4 Å². The van der Waals surface area contributed by atoms with Gasteiger partial charge >= 0.3 is 0 Å². The molecule has 0 unspecified atom stereocenters. The van der Waals surface area contributed by atoms with Gasteiger partial charge in [0, 0.05) is 31.2 Å². The van der Waals surface area contributed by atoms with Gasteiger partial charge in [0.05, 0.1) is 24.6 Å². The van der Waals surface area contributed by atoms with Gasteiger partial charge in [-0.15, -0.1) is 0 Å². The number of hydrogen-bond donors (Lipinski definition) is 1. The van der Waals surface area contributed by atoms with Gasteiger partial charge in [-0.25, -0.2) is 9.07 Å². The lowest BCUT2D eigenvalue weighted by Gasteiger charge is -2.13. The van der Waals surface area contributed by atoms with Crippen LogP contribution in [0.2, 0.25) is 0 Å². The van der Waals surface area contributed by atoms with Gasteiger partial charge in [-0.05, 0) is 62.1 Å². The third kappa shape index (κ3) is 5.75. The molecule has 180 valence electrons. The molecule has 2 aromatic carbocycles. The summed E-state index contributed by atoms with van der Waals surface area (Å²) in [6, 6.07) is 13.4. The number of aromatic nitrogens is 2. The van der Waals surface area contributed by atoms with Crippen molar-refractivity contribution in [2.24, 2.45) is 0 Å². The van der Waals surface area contributed by atoms with E-state index in [-0.39, 0.29) is 18.4 Å². The number of nitrogens with zero attached hydrogens (tertiary/aromatic N) is 2. The molecule has 4 rings (SSSR count). The Balaban J connectivity index is 1.60. The minimum absolute atomic E-state index is 0.0496. The zero-order valence-electron chi connectivity index (χ0n) is 19.6. The van der Waals surface area contributed by atoms with Gasteiger partial charge in [0.2, 0.25) is 11.8 Å². The number of halogens is 1. The van der Waals surface area contributed by atoms with Crippen LogP contribution < -0.4 is 14.8 Å². The minimum Gasteiger partial charge on any atom is -0.497 e. The highest BCUT2D eigenvalue weighted by Gasteiger charge is 2.22. The number of hydrogen-bond acceptors (Lipinski definition) is 5. The Morgan fingerprint density at radius 1 is 1.24 bits per heavy atom.